The summed E-state index contributed by atoms with van der Waals surface area (Å²) in [5, 5.41) is 13.0. The minimum Gasteiger partial charge on any atom is -0.473 e. The highest BCUT2D eigenvalue weighted by Crippen LogP contribution is 2.26. The molecule has 1 aliphatic rings. The smallest absolute Gasteiger partial charge is 0.245 e. The van der Waals surface area contributed by atoms with Crippen LogP contribution >= 0.6 is 11.7 Å². The molecule has 1 saturated carbocycles. The fourth-order valence-corrected chi connectivity index (χ4v) is 2.27. The van der Waals surface area contributed by atoms with Gasteiger partial charge in [-0.25, -0.2) is 0 Å². The molecule has 1 aromatic heterocycles. The van der Waals surface area contributed by atoms with Gasteiger partial charge in [0.2, 0.25) is 5.88 Å². The molecule has 7 heteroatoms. The number of ether oxygens (including phenoxy) is 1. The molecule has 2 atom stereocenters. The van der Waals surface area contributed by atoms with Crippen molar-refractivity contribution < 1.29 is 9.84 Å². The molecule has 6 nitrogen and oxygen atoms in total. The molecule has 2 N–H and O–H groups in total. The van der Waals surface area contributed by atoms with Crippen molar-refractivity contribution >= 4 is 11.7 Å². The van der Waals surface area contributed by atoms with Crippen LogP contribution in [0.25, 0.3) is 0 Å². The molecular weight excluding hydrogens is 264 g/mol. The predicted molar refractivity (Wildman–Crippen MR) is 74.5 cm³/mol. The van der Waals surface area contributed by atoms with E-state index in [2.05, 4.69) is 32.9 Å². The third-order valence-corrected chi connectivity index (χ3v) is 3.86. The van der Waals surface area contributed by atoms with Crippen molar-refractivity contribution in [2.24, 2.45) is 0 Å². The van der Waals surface area contributed by atoms with Gasteiger partial charge in [0.05, 0.1) is 11.7 Å². The SMILES string of the molecule is CC(CNCC(O)COc1cnsn1)N(C)C1CC1. The Bertz CT molecular complexity index is 359. The fourth-order valence-electron chi connectivity index (χ4n) is 1.90. The van der Waals surface area contributed by atoms with Crippen molar-refractivity contribution in [3.05, 3.63) is 6.20 Å². The summed E-state index contributed by atoms with van der Waals surface area (Å²) in [7, 11) is 2.17. The Kier molecular flexibility index (Phi) is 5.50. The minimum atomic E-state index is -0.528. The summed E-state index contributed by atoms with van der Waals surface area (Å²) in [6, 6.07) is 1.26. The van der Waals surface area contributed by atoms with Gasteiger partial charge in [-0.2, -0.15) is 4.37 Å². The topological polar surface area (TPSA) is 70.5 Å². The maximum atomic E-state index is 9.78. The van der Waals surface area contributed by atoms with Crippen LogP contribution in [0, 0.1) is 0 Å². The number of aliphatic hydroxyl groups excluding tert-OH is 1. The van der Waals surface area contributed by atoms with Crippen molar-refractivity contribution in [1.29, 1.82) is 0 Å². The molecule has 19 heavy (non-hydrogen) atoms. The molecule has 0 spiro atoms. The number of aliphatic hydroxyl groups is 1. The number of aromatic nitrogens is 2. The molecule has 2 rings (SSSR count). The number of likely N-dealkylation sites (N-methyl/N-ethyl adjacent to an activating group) is 1. The fraction of sp³-hybridized carbons (Fsp3) is 0.833. The van der Waals surface area contributed by atoms with Gasteiger partial charge in [0.25, 0.3) is 0 Å². The summed E-state index contributed by atoms with van der Waals surface area (Å²) in [5.41, 5.74) is 0. The standard InChI is InChI=1S/C12H22N4O2S/c1-9(16(2)10-3-4-10)5-13-6-11(17)8-18-12-7-14-19-15-12/h7,9-11,13,17H,3-6,8H2,1-2H3. The molecule has 2 unspecified atom stereocenters. The van der Waals surface area contributed by atoms with Gasteiger partial charge >= 0.3 is 0 Å². The Balaban J connectivity index is 1.54. The first-order valence-corrected chi connectivity index (χ1v) is 7.41. The average molecular weight is 286 g/mol. The van der Waals surface area contributed by atoms with E-state index in [9.17, 15) is 5.11 Å². The molecule has 0 radical (unpaired) electrons. The summed E-state index contributed by atoms with van der Waals surface area (Å²) >= 11 is 1.10. The quantitative estimate of drug-likeness (QED) is 0.682. The van der Waals surface area contributed by atoms with Crippen LogP contribution in [0.15, 0.2) is 6.20 Å². The summed E-state index contributed by atoms with van der Waals surface area (Å²) in [6.45, 7) is 3.85. The number of nitrogens with one attached hydrogen (secondary N) is 1. The first kappa shape index (κ1) is 14.6. The summed E-state index contributed by atoms with van der Waals surface area (Å²) in [5.74, 6) is 0.478. The monoisotopic (exact) mass is 286 g/mol. The average Bonchev–Trinajstić information content (AvgIpc) is 3.12. The summed E-state index contributed by atoms with van der Waals surface area (Å²) < 4.78 is 13.0. The Hall–Kier alpha value is -0.760. The zero-order chi connectivity index (χ0) is 13.7. The zero-order valence-electron chi connectivity index (χ0n) is 11.5. The first-order chi connectivity index (χ1) is 9.16. The zero-order valence-corrected chi connectivity index (χ0v) is 12.3. The molecule has 1 heterocycles. The van der Waals surface area contributed by atoms with Gasteiger partial charge in [-0.05, 0) is 26.8 Å². The van der Waals surface area contributed by atoms with E-state index >= 15 is 0 Å². The van der Waals surface area contributed by atoms with E-state index < -0.39 is 6.10 Å². The van der Waals surface area contributed by atoms with E-state index in [4.69, 9.17) is 4.74 Å². The Morgan fingerprint density at radius 1 is 1.58 bits per heavy atom. The van der Waals surface area contributed by atoms with E-state index in [1.54, 1.807) is 6.20 Å². The van der Waals surface area contributed by atoms with Gasteiger partial charge in [0, 0.05) is 25.2 Å². The lowest BCUT2D eigenvalue weighted by atomic mass is 10.2. The van der Waals surface area contributed by atoms with Crippen molar-refractivity contribution in [2.75, 3.05) is 26.7 Å². The molecule has 1 aromatic rings. The van der Waals surface area contributed by atoms with Crippen LogP contribution in [0.3, 0.4) is 0 Å². The van der Waals surface area contributed by atoms with E-state index in [-0.39, 0.29) is 6.61 Å². The highest BCUT2D eigenvalue weighted by atomic mass is 32.1. The van der Waals surface area contributed by atoms with Gasteiger partial charge in [-0.1, -0.05) is 0 Å². The molecule has 0 bridgehead atoms. The van der Waals surface area contributed by atoms with E-state index in [0.29, 0.717) is 18.5 Å². The van der Waals surface area contributed by atoms with Crippen LogP contribution in [0.5, 0.6) is 5.88 Å². The van der Waals surface area contributed by atoms with Crippen molar-refractivity contribution in [3.8, 4) is 5.88 Å². The lowest BCUT2D eigenvalue weighted by Crippen LogP contribution is -2.42. The molecule has 0 aliphatic heterocycles. The molecular formula is C12H22N4O2S. The second-order valence-electron chi connectivity index (χ2n) is 5.11. The highest BCUT2D eigenvalue weighted by Gasteiger charge is 2.28. The third kappa shape index (κ3) is 5.02. The molecule has 1 aliphatic carbocycles. The van der Waals surface area contributed by atoms with Gasteiger partial charge in [-0.15, -0.1) is 4.37 Å². The Morgan fingerprint density at radius 3 is 3.00 bits per heavy atom. The van der Waals surface area contributed by atoms with Crippen molar-refractivity contribution in [1.82, 2.24) is 19.0 Å². The Morgan fingerprint density at radius 2 is 2.37 bits per heavy atom. The van der Waals surface area contributed by atoms with Crippen LogP contribution in [-0.4, -0.2) is 63.7 Å². The van der Waals surface area contributed by atoms with Gasteiger partial charge in [0.1, 0.15) is 18.9 Å². The number of hydrogen-bond donors (Lipinski definition) is 2. The molecule has 1 fully saturated rings. The normalized spacial score (nSPS) is 18.5. The number of rotatable bonds is 9. The van der Waals surface area contributed by atoms with Gasteiger partial charge in [-0.3, -0.25) is 4.90 Å². The van der Waals surface area contributed by atoms with Gasteiger partial charge in [0.15, 0.2) is 0 Å². The first-order valence-electron chi connectivity index (χ1n) is 6.68. The van der Waals surface area contributed by atoms with E-state index in [0.717, 1.165) is 24.3 Å². The number of nitrogens with zero attached hydrogens (tertiary/aromatic N) is 3. The molecule has 0 amide bonds. The van der Waals surface area contributed by atoms with Crippen molar-refractivity contribution in [2.45, 2.75) is 38.0 Å². The molecule has 108 valence electrons. The summed E-state index contributed by atoms with van der Waals surface area (Å²) in [4.78, 5) is 2.40. The van der Waals surface area contributed by atoms with Gasteiger partial charge < -0.3 is 15.2 Å². The van der Waals surface area contributed by atoms with Crippen LogP contribution in [-0.2, 0) is 0 Å². The van der Waals surface area contributed by atoms with Crippen LogP contribution in [0.1, 0.15) is 19.8 Å². The highest BCUT2D eigenvalue weighted by molar-refractivity contribution is 6.99. The second-order valence-corrected chi connectivity index (χ2v) is 5.67. The number of hydrogen-bond acceptors (Lipinski definition) is 7. The Labute approximate surface area is 118 Å². The third-order valence-electron chi connectivity index (χ3n) is 3.40. The molecule has 0 aromatic carbocycles. The lowest BCUT2D eigenvalue weighted by molar-refractivity contribution is 0.102. The van der Waals surface area contributed by atoms with Crippen LogP contribution in [0.2, 0.25) is 0 Å². The predicted octanol–water partition coefficient (Wildman–Crippen LogP) is 0.350. The van der Waals surface area contributed by atoms with Crippen LogP contribution < -0.4 is 10.1 Å². The largest absolute Gasteiger partial charge is 0.473 e. The van der Waals surface area contributed by atoms with E-state index in [1.807, 2.05) is 0 Å². The second kappa shape index (κ2) is 7.14. The lowest BCUT2D eigenvalue weighted by Gasteiger charge is -2.25. The van der Waals surface area contributed by atoms with E-state index in [1.165, 1.54) is 12.8 Å². The molecule has 0 saturated heterocycles. The van der Waals surface area contributed by atoms with Crippen molar-refractivity contribution in [3.63, 3.8) is 0 Å². The summed E-state index contributed by atoms with van der Waals surface area (Å²) in [6.07, 6.45) is 3.66. The van der Waals surface area contributed by atoms with Crippen LogP contribution in [0.4, 0.5) is 0 Å². The maximum absolute atomic E-state index is 9.78. The minimum absolute atomic E-state index is 0.241. The maximum Gasteiger partial charge on any atom is 0.245 e.